The van der Waals surface area contributed by atoms with E-state index in [1.54, 1.807) is 0 Å². The molecule has 0 atom stereocenters. The van der Waals surface area contributed by atoms with Crippen LogP contribution in [0.4, 0.5) is 0 Å². The molecule has 17 heavy (non-hydrogen) atoms. The van der Waals surface area contributed by atoms with E-state index >= 15 is 0 Å². The van der Waals surface area contributed by atoms with E-state index < -0.39 is 0 Å². The first-order valence-electron chi connectivity index (χ1n) is 4.99. The SMILES string of the molecule is N#CN=C=N.c1ccc(-c2ccccc2)cc1. The Kier molecular flexibility index (Phi) is 5.52. The summed E-state index contributed by atoms with van der Waals surface area (Å²) in [5.41, 5.74) is 2.55. The van der Waals surface area contributed by atoms with Gasteiger partial charge < -0.3 is 0 Å². The van der Waals surface area contributed by atoms with Gasteiger partial charge in [0.1, 0.15) is 6.01 Å². The van der Waals surface area contributed by atoms with Crippen LogP contribution in [-0.2, 0) is 0 Å². The average Bonchev–Trinajstić information content (AvgIpc) is 2.42. The third kappa shape index (κ3) is 4.57. The molecule has 0 amide bonds. The third-order valence-electron chi connectivity index (χ3n) is 1.99. The highest BCUT2D eigenvalue weighted by molar-refractivity contribution is 5.62. The van der Waals surface area contributed by atoms with Crippen LogP contribution in [0.5, 0.6) is 0 Å². The molecule has 0 saturated heterocycles. The number of nitrogens with zero attached hydrogens (tertiary/aromatic N) is 2. The van der Waals surface area contributed by atoms with Gasteiger partial charge in [0.15, 0.2) is 0 Å². The fourth-order valence-corrected chi connectivity index (χ4v) is 1.29. The molecular weight excluding hydrogens is 210 g/mol. The molecule has 0 bridgehead atoms. The first-order valence-corrected chi connectivity index (χ1v) is 4.99. The van der Waals surface area contributed by atoms with E-state index in [2.05, 4.69) is 53.5 Å². The van der Waals surface area contributed by atoms with E-state index in [9.17, 15) is 0 Å². The molecule has 0 spiro atoms. The molecule has 0 unspecified atom stereocenters. The van der Waals surface area contributed by atoms with Crippen molar-refractivity contribution >= 4 is 6.01 Å². The van der Waals surface area contributed by atoms with Gasteiger partial charge in [-0.1, -0.05) is 60.7 Å². The van der Waals surface area contributed by atoms with Crippen molar-refractivity contribution in [2.45, 2.75) is 0 Å². The van der Waals surface area contributed by atoms with Crippen LogP contribution in [0.15, 0.2) is 65.7 Å². The van der Waals surface area contributed by atoms with E-state index in [1.807, 2.05) is 12.1 Å². The highest BCUT2D eigenvalue weighted by Gasteiger charge is 1.91. The van der Waals surface area contributed by atoms with Gasteiger partial charge in [-0.3, -0.25) is 0 Å². The Labute approximate surface area is 100 Å². The molecule has 0 aliphatic heterocycles. The number of nitrogens with one attached hydrogen (secondary N) is 1. The van der Waals surface area contributed by atoms with Gasteiger partial charge in [-0.15, -0.1) is 4.99 Å². The van der Waals surface area contributed by atoms with Crippen LogP contribution in [0.3, 0.4) is 0 Å². The fraction of sp³-hybridized carbons (Fsp3) is 0. The average molecular weight is 221 g/mol. The molecule has 2 aromatic rings. The zero-order valence-electron chi connectivity index (χ0n) is 9.17. The Morgan fingerprint density at radius 3 is 1.47 bits per heavy atom. The van der Waals surface area contributed by atoms with Gasteiger partial charge in [0.2, 0.25) is 6.19 Å². The summed E-state index contributed by atoms with van der Waals surface area (Å²) in [6.45, 7) is 0. The van der Waals surface area contributed by atoms with Gasteiger partial charge in [-0.2, -0.15) is 5.26 Å². The van der Waals surface area contributed by atoms with Gasteiger partial charge in [-0.25, -0.2) is 5.41 Å². The second kappa shape index (κ2) is 7.58. The lowest BCUT2D eigenvalue weighted by atomic mass is 10.1. The van der Waals surface area contributed by atoms with Gasteiger partial charge in [0, 0.05) is 0 Å². The maximum Gasteiger partial charge on any atom is 0.216 e. The van der Waals surface area contributed by atoms with Gasteiger partial charge >= 0.3 is 0 Å². The molecule has 82 valence electrons. The zero-order chi connectivity index (χ0) is 12.3. The predicted octanol–water partition coefficient (Wildman–Crippen LogP) is 3.57. The predicted molar refractivity (Wildman–Crippen MR) is 67.6 cm³/mol. The maximum atomic E-state index is 7.47. The van der Waals surface area contributed by atoms with Crippen LogP contribution in [0.2, 0.25) is 0 Å². The van der Waals surface area contributed by atoms with Crippen molar-refractivity contribution in [3.8, 4) is 17.3 Å². The van der Waals surface area contributed by atoms with E-state index in [0.29, 0.717) is 0 Å². The quantitative estimate of drug-likeness (QED) is 0.580. The zero-order valence-corrected chi connectivity index (χ0v) is 9.17. The van der Waals surface area contributed by atoms with Crippen LogP contribution in [0.25, 0.3) is 11.1 Å². The minimum Gasteiger partial charge on any atom is -0.241 e. The van der Waals surface area contributed by atoms with Crippen molar-refractivity contribution in [3.63, 3.8) is 0 Å². The third-order valence-corrected chi connectivity index (χ3v) is 1.99. The Morgan fingerprint density at radius 1 is 0.824 bits per heavy atom. The molecule has 0 heterocycles. The van der Waals surface area contributed by atoms with E-state index in [0.717, 1.165) is 0 Å². The van der Waals surface area contributed by atoms with Crippen LogP contribution < -0.4 is 0 Å². The smallest absolute Gasteiger partial charge is 0.216 e. The van der Waals surface area contributed by atoms with Crippen molar-refractivity contribution in [1.29, 1.82) is 10.7 Å². The van der Waals surface area contributed by atoms with Gasteiger partial charge in [-0.05, 0) is 11.1 Å². The van der Waals surface area contributed by atoms with Crippen molar-refractivity contribution in [3.05, 3.63) is 60.7 Å². The highest BCUT2D eigenvalue weighted by Crippen LogP contribution is 2.17. The molecule has 1 N–H and O–H groups in total. The van der Waals surface area contributed by atoms with Crippen molar-refractivity contribution in [2.75, 3.05) is 0 Å². The molecule has 3 nitrogen and oxygen atoms in total. The normalized spacial score (nSPS) is 7.94. The number of benzene rings is 2. The fourth-order valence-electron chi connectivity index (χ4n) is 1.29. The molecule has 2 aromatic carbocycles. The van der Waals surface area contributed by atoms with Crippen molar-refractivity contribution in [2.24, 2.45) is 4.99 Å². The molecule has 0 saturated carbocycles. The molecule has 0 fully saturated rings. The standard InChI is InChI=1S/C12H10.C2HN3/c1-3-7-11(8-4-1)12-9-5-2-6-10-12;3-1-5-2-4/h1-10H;3H. The lowest BCUT2D eigenvalue weighted by Crippen LogP contribution is -1.73. The highest BCUT2D eigenvalue weighted by atomic mass is 14.7. The summed E-state index contributed by atoms with van der Waals surface area (Å²) in [5, 5.41) is 13.4. The molecule has 2 rings (SSSR count). The van der Waals surface area contributed by atoms with Crippen LogP contribution >= 0.6 is 0 Å². The lowest BCUT2D eigenvalue weighted by molar-refractivity contribution is 1.43. The summed E-state index contributed by atoms with van der Waals surface area (Å²) in [6, 6.07) is 22.3. The molecular formula is C14H11N3. The number of hydrogen-bond donors (Lipinski definition) is 1. The summed E-state index contributed by atoms with van der Waals surface area (Å²) in [7, 11) is 0. The second-order valence-electron chi connectivity index (χ2n) is 3.06. The number of aliphatic imine (C=N–C) groups is 1. The first kappa shape index (κ1) is 12.4. The monoisotopic (exact) mass is 221 g/mol. The number of hydrogen-bond acceptors (Lipinski definition) is 3. The summed E-state index contributed by atoms with van der Waals surface area (Å²) in [6.07, 6.45) is 1.34. The molecule has 0 radical (unpaired) electrons. The molecule has 3 heteroatoms. The second-order valence-corrected chi connectivity index (χ2v) is 3.06. The Hall–Kier alpha value is -2.69. The maximum absolute atomic E-state index is 7.47. The van der Waals surface area contributed by atoms with Gasteiger partial charge in [0.05, 0.1) is 0 Å². The number of nitriles is 1. The van der Waals surface area contributed by atoms with Crippen molar-refractivity contribution < 1.29 is 0 Å². The Morgan fingerprint density at radius 2 is 1.24 bits per heavy atom. The largest absolute Gasteiger partial charge is 0.241 e. The van der Waals surface area contributed by atoms with E-state index in [1.165, 1.54) is 23.3 Å². The summed E-state index contributed by atoms with van der Waals surface area (Å²) in [4.78, 5) is 2.69. The van der Waals surface area contributed by atoms with E-state index in [4.69, 9.17) is 10.7 Å². The van der Waals surface area contributed by atoms with Crippen LogP contribution in [0.1, 0.15) is 0 Å². The van der Waals surface area contributed by atoms with Crippen LogP contribution in [-0.4, -0.2) is 6.01 Å². The minimum atomic E-state index is 1.28. The lowest BCUT2D eigenvalue weighted by Gasteiger charge is -1.98. The summed E-state index contributed by atoms with van der Waals surface area (Å²) in [5.74, 6) is 0. The summed E-state index contributed by atoms with van der Waals surface area (Å²) < 4.78 is 0. The van der Waals surface area contributed by atoms with E-state index in [-0.39, 0.29) is 0 Å². The van der Waals surface area contributed by atoms with Crippen molar-refractivity contribution in [1.82, 2.24) is 0 Å². The summed E-state index contributed by atoms with van der Waals surface area (Å²) >= 11 is 0. The Bertz CT molecular complexity index is 483. The first-order chi connectivity index (χ1) is 8.38. The molecule has 0 aromatic heterocycles. The van der Waals surface area contributed by atoms with Gasteiger partial charge in [0.25, 0.3) is 0 Å². The molecule has 0 aliphatic carbocycles. The topological polar surface area (TPSA) is 60.0 Å². The minimum absolute atomic E-state index is 1.28. The number of rotatable bonds is 1. The Balaban J connectivity index is 0.000000249. The van der Waals surface area contributed by atoms with Crippen LogP contribution in [0, 0.1) is 16.9 Å². The molecule has 0 aliphatic rings.